The first-order valence-corrected chi connectivity index (χ1v) is 9.34. The fourth-order valence-corrected chi connectivity index (χ4v) is 3.82. The Morgan fingerprint density at radius 3 is 2.74 bits per heavy atom. The van der Waals surface area contributed by atoms with Crippen LogP contribution in [0.3, 0.4) is 0 Å². The van der Waals surface area contributed by atoms with Crippen molar-refractivity contribution in [2.24, 2.45) is 0 Å². The van der Waals surface area contributed by atoms with Crippen molar-refractivity contribution in [1.29, 1.82) is 0 Å². The average Bonchev–Trinajstić information content (AvgIpc) is 3.32. The van der Waals surface area contributed by atoms with Crippen molar-refractivity contribution in [2.45, 2.75) is 31.9 Å². The van der Waals surface area contributed by atoms with E-state index >= 15 is 0 Å². The summed E-state index contributed by atoms with van der Waals surface area (Å²) in [6.45, 7) is 1.05. The summed E-state index contributed by atoms with van der Waals surface area (Å²) < 4.78 is 13.4. The standard InChI is InChI=1S/C22H20N2O3/c25-21-10-11-24-13-20(27-22(24)23-21)14-26-19-8-6-16(7-9-19)18-5-4-15-2-1-3-17(15)12-18/h4-12,20H,1-3,13-14H2/t20-/m0/s1. The van der Waals surface area contributed by atoms with E-state index in [-0.39, 0.29) is 11.7 Å². The molecule has 0 unspecified atom stereocenters. The highest BCUT2D eigenvalue weighted by Crippen LogP contribution is 2.29. The monoisotopic (exact) mass is 360 g/mol. The molecular formula is C22H20N2O3. The number of rotatable bonds is 4. The second-order valence-electron chi connectivity index (χ2n) is 7.11. The lowest BCUT2D eigenvalue weighted by Crippen LogP contribution is -2.23. The Morgan fingerprint density at radius 1 is 1.04 bits per heavy atom. The number of ether oxygens (including phenoxy) is 2. The molecule has 0 saturated carbocycles. The molecule has 2 aliphatic rings. The molecule has 0 bridgehead atoms. The van der Waals surface area contributed by atoms with E-state index in [1.54, 1.807) is 6.20 Å². The molecule has 1 aliphatic heterocycles. The van der Waals surface area contributed by atoms with Crippen LogP contribution in [0.15, 0.2) is 59.5 Å². The summed E-state index contributed by atoms with van der Waals surface area (Å²) in [5.74, 6) is 0.807. The van der Waals surface area contributed by atoms with Gasteiger partial charge in [0.1, 0.15) is 12.4 Å². The second-order valence-corrected chi connectivity index (χ2v) is 7.11. The normalized spacial score (nSPS) is 17.3. The summed E-state index contributed by atoms with van der Waals surface area (Å²) in [5, 5.41) is 0. The first-order chi connectivity index (χ1) is 13.2. The Kier molecular flexibility index (Phi) is 3.93. The highest BCUT2D eigenvalue weighted by atomic mass is 16.6. The maximum absolute atomic E-state index is 11.3. The molecule has 5 nitrogen and oxygen atoms in total. The van der Waals surface area contributed by atoms with Crippen molar-refractivity contribution in [3.8, 4) is 22.9 Å². The SMILES string of the molecule is O=c1ccn2c(n1)O[C@H](COc1ccc(-c3ccc4c(c3)CCC4)cc1)C2. The van der Waals surface area contributed by atoms with E-state index in [2.05, 4.69) is 35.3 Å². The average molecular weight is 360 g/mol. The minimum Gasteiger partial charge on any atom is -0.490 e. The van der Waals surface area contributed by atoms with Crippen LogP contribution in [-0.4, -0.2) is 22.3 Å². The Balaban J connectivity index is 1.23. The predicted molar refractivity (Wildman–Crippen MR) is 102 cm³/mol. The summed E-state index contributed by atoms with van der Waals surface area (Å²) in [4.78, 5) is 15.1. The zero-order valence-corrected chi connectivity index (χ0v) is 14.9. The van der Waals surface area contributed by atoms with Gasteiger partial charge in [0, 0.05) is 12.3 Å². The van der Waals surface area contributed by atoms with Gasteiger partial charge in [-0.25, -0.2) is 0 Å². The van der Waals surface area contributed by atoms with Crippen molar-refractivity contribution in [2.75, 3.05) is 6.61 Å². The van der Waals surface area contributed by atoms with E-state index in [4.69, 9.17) is 9.47 Å². The van der Waals surface area contributed by atoms with Gasteiger partial charge in [0.15, 0.2) is 6.10 Å². The quantitative estimate of drug-likeness (QED) is 0.717. The molecule has 0 spiro atoms. The van der Waals surface area contributed by atoms with Gasteiger partial charge in [-0.05, 0) is 53.6 Å². The summed E-state index contributed by atoms with van der Waals surface area (Å²) in [6, 6.07) is 16.8. The van der Waals surface area contributed by atoms with E-state index in [9.17, 15) is 4.79 Å². The molecule has 1 atom stereocenters. The third-order valence-electron chi connectivity index (χ3n) is 5.24. The van der Waals surface area contributed by atoms with Crippen molar-refractivity contribution >= 4 is 0 Å². The molecule has 0 saturated heterocycles. The summed E-state index contributed by atoms with van der Waals surface area (Å²) in [6.07, 6.45) is 5.23. The van der Waals surface area contributed by atoms with Crippen LogP contribution in [0, 0.1) is 0 Å². The molecule has 1 aromatic heterocycles. The lowest BCUT2D eigenvalue weighted by Gasteiger charge is -2.12. The summed E-state index contributed by atoms with van der Waals surface area (Å²) in [7, 11) is 0. The van der Waals surface area contributed by atoms with Crippen LogP contribution >= 0.6 is 0 Å². The molecule has 0 radical (unpaired) electrons. The number of fused-ring (bicyclic) bond motifs is 2. The molecule has 2 heterocycles. The number of nitrogens with zero attached hydrogens (tertiary/aromatic N) is 2. The Morgan fingerprint density at radius 2 is 1.85 bits per heavy atom. The fraction of sp³-hybridized carbons (Fsp3) is 0.273. The molecule has 0 fully saturated rings. The lowest BCUT2D eigenvalue weighted by atomic mass is 10.0. The third-order valence-corrected chi connectivity index (χ3v) is 5.24. The molecule has 3 aromatic rings. The van der Waals surface area contributed by atoms with Gasteiger partial charge in [-0.3, -0.25) is 9.36 Å². The summed E-state index contributed by atoms with van der Waals surface area (Å²) in [5.41, 5.74) is 5.15. The Hall–Kier alpha value is -3.08. The van der Waals surface area contributed by atoms with E-state index < -0.39 is 0 Å². The Labute approximate surface area is 157 Å². The van der Waals surface area contributed by atoms with Crippen LogP contribution in [0.2, 0.25) is 0 Å². The van der Waals surface area contributed by atoms with E-state index in [0.717, 1.165) is 5.75 Å². The first kappa shape index (κ1) is 16.1. The number of hydrogen-bond acceptors (Lipinski definition) is 4. The molecule has 5 rings (SSSR count). The van der Waals surface area contributed by atoms with E-state index in [0.29, 0.717) is 19.2 Å². The fourth-order valence-electron chi connectivity index (χ4n) is 3.82. The van der Waals surface area contributed by atoms with Gasteiger partial charge in [0.25, 0.3) is 11.6 Å². The minimum atomic E-state index is -0.287. The van der Waals surface area contributed by atoms with Gasteiger partial charge in [0.2, 0.25) is 0 Å². The van der Waals surface area contributed by atoms with Crippen molar-refractivity contribution in [1.82, 2.24) is 9.55 Å². The zero-order valence-electron chi connectivity index (χ0n) is 14.9. The van der Waals surface area contributed by atoms with Crippen LogP contribution in [0.4, 0.5) is 0 Å². The maximum atomic E-state index is 11.3. The molecule has 0 N–H and O–H groups in total. The second kappa shape index (κ2) is 6.58. The van der Waals surface area contributed by atoms with Crippen LogP contribution in [0.5, 0.6) is 11.8 Å². The molecule has 1 aliphatic carbocycles. The van der Waals surface area contributed by atoms with Gasteiger partial charge in [0.05, 0.1) is 6.54 Å². The highest BCUT2D eigenvalue weighted by molar-refractivity contribution is 5.66. The topological polar surface area (TPSA) is 53.4 Å². The number of benzene rings is 2. The molecule has 136 valence electrons. The molecule has 2 aromatic carbocycles. The molecule has 27 heavy (non-hydrogen) atoms. The number of aryl methyl sites for hydroxylation is 2. The molecule has 5 heteroatoms. The predicted octanol–water partition coefficient (Wildman–Crippen LogP) is 3.24. The minimum absolute atomic E-state index is 0.143. The smallest absolute Gasteiger partial charge is 0.300 e. The van der Waals surface area contributed by atoms with Crippen LogP contribution < -0.4 is 15.0 Å². The van der Waals surface area contributed by atoms with Crippen molar-refractivity contribution in [3.05, 3.63) is 76.2 Å². The van der Waals surface area contributed by atoms with Gasteiger partial charge >= 0.3 is 0 Å². The van der Waals surface area contributed by atoms with Gasteiger partial charge in [-0.2, -0.15) is 4.98 Å². The largest absolute Gasteiger partial charge is 0.490 e. The lowest BCUT2D eigenvalue weighted by molar-refractivity contribution is 0.143. The Bertz CT molecular complexity index is 1040. The van der Waals surface area contributed by atoms with Crippen LogP contribution in [0.1, 0.15) is 17.5 Å². The zero-order chi connectivity index (χ0) is 18.2. The maximum Gasteiger partial charge on any atom is 0.300 e. The van der Waals surface area contributed by atoms with Gasteiger partial charge in [-0.1, -0.05) is 30.3 Å². The van der Waals surface area contributed by atoms with Crippen LogP contribution in [0.25, 0.3) is 11.1 Å². The number of hydrogen-bond donors (Lipinski definition) is 0. The van der Waals surface area contributed by atoms with Crippen LogP contribution in [-0.2, 0) is 19.4 Å². The van der Waals surface area contributed by atoms with Gasteiger partial charge in [-0.15, -0.1) is 0 Å². The van der Waals surface area contributed by atoms with E-state index in [1.807, 2.05) is 16.7 Å². The third kappa shape index (κ3) is 3.21. The molecule has 0 amide bonds. The van der Waals surface area contributed by atoms with E-state index in [1.165, 1.54) is 47.6 Å². The van der Waals surface area contributed by atoms with Crippen molar-refractivity contribution in [3.63, 3.8) is 0 Å². The van der Waals surface area contributed by atoms with Crippen molar-refractivity contribution < 1.29 is 9.47 Å². The van der Waals surface area contributed by atoms with Gasteiger partial charge < -0.3 is 9.47 Å². The highest BCUT2D eigenvalue weighted by Gasteiger charge is 2.23. The first-order valence-electron chi connectivity index (χ1n) is 9.34. The molecular weight excluding hydrogens is 340 g/mol. The number of aromatic nitrogens is 2. The summed E-state index contributed by atoms with van der Waals surface area (Å²) >= 11 is 0.